The summed E-state index contributed by atoms with van der Waals surface area (Å²) in [5.41, 5.74) is -0.0914. The van der Waals surface area contributed by atoms with Gasteiger partial charge >= 0.3 is 5.69 Å². The molecule has 1 aromatic rings. The van der Waals surface area contributed by atoms with Crippen LogP contribution in [0.1, 0.15) is 19.8 Å². The molecule has 1 heterocycles. The monoisotopic (exact) mass is 249 g/mol. The summed E-state index contributed by atoms with van der Waals surface area (Å²) in [6.45, 7) is 1.95. The average molecular weight is 249 g/mol. The van der Waals surface area contributed by atoms with Gasteiger partial charge in [-0.1, -0.05) is 6.92 Å². The number of terminal acetylenes is 1. The highest BCUT2D eigenvalue weighted by Crippen LogP contribution is 2.26. The third-order valence-corrected chi connectivity index (χ3v) is 2.45. The molecule has 0 aliphatic rings. The first-order valence-corrected chi connectivity index (χ1v) is 5.51. The Morgan fingerprint density at radius 2 is 2.39 bits per heavy atom. The molecule has 1 N–H and O–H groups in total. The predicted molar refractivity (Wildman–Crippen MR) is 68.6 cm³/mol. The van der Waals surface area contributed by atoms with Crippen LogP contribution in [0.15, 0.2) is 12.1 Å². The number of methoxy groups -OCH3 is 1. The van der Waals surface area contributed by atoms with Crippen LogP contribution in [0.3, 0.4) is 0 Å². The van der Waals surface area contributed by atoms with E-state index in [1.54, 1.807) is 0 Å². The van der Waals surface area contributed by atoms with Crippen LogP contribution in [0.2, 0.25) is 0 Å². The minimum atomic E-state index is -0.489. The summed E-state index contributed by atoms with van der Waals surface area (Å²) in [6, 6.07) is 2.76. The van der Waals surface area contributed by atoms with Gasteiger partial charge in [-0.25, -0.2) is 0 Å². The van der Waals surface area contributed by atoms with Crippen molar-refractivity contribution in [3.05, 3.63) is 22.2 Å². The SMILES string of the molecule is C#CCC(CC)Nc1nc(OC)ccc1[N+](=O)[O-]. The van der Waals surface area contributed by atoms with Gasteiger partial charge in [0, 0.05) is 24.6 Å². The second-order valence-electron chi connectivity index (χ2n) is 3.64. The molecule has 6 nitrogen and oxygen atoms in total. The van der Waals surface area contributed by atoms with E-state index in [0.29, 0.717) is 12.3 Å². The Bertz CT molecular complexity index is 468. The van der Waals surface area contributed by atoms with E-state index in [2.05, 4.69) is 16.2 Å². The number of aromatic nitrogens is 1. The number of nitrogens with zero attached hydrogens (tertiary/aromatic N) is 2. The zero-order valence-corrected chi connectivity index (χ0v) is 10.3. The molecule has 6 heteroatoms. The second-order valence-corrected chi connectivity index (χ2v) is 3.64. The lowest BCUT2D eigenvalue weighted by Gasteiger charge is -2.15. The topological polar surface area (TPSA) is 77.3 Å². The van der Waals surface area contributed by atoms with Crippen molar-refractivity contribution in [2.24, 2.45) is 0 Å². The highest BCUT2D eigenvalue weighted by Gasteiger charge is 2.18. The van der Waals surface area contributed by atoms with Gasteiger partial charge in [-0.3, -0.25) is 10.1 Å². The van der Waals surface area contributed by atoms with Crippen LogP contribution in [0, 0.1) is 22.5 Å². The fraction of sp³-hybridized carbons (Fsp3) is 0.417. The van der Waals surface area contributed by atoms with Crippen molar-refractivity contribution >= 4 is 11.5 Å². The van der Waals surface area contributed by atoms with Crippen molar-refractivity contribution in [3.8, 4) is 18.2 Å². The van der Waals surface area contributed by atoms with Crippen LogP contribution in [0.5, 0.6) is 5.88 Å². The standard InChI is InChI=1S/C12H15N3O3/c1-4-6-9(5-2)13-12-10(15(16)17)7-8-11(14-12)18-3/h1,7-9H,5-6H2,2-3H3,(H,13,14). The van der Waals surface area contributed by atoms with E-state index in [1.165, 1.54) is 19.2 Å². The molecule has 0 saturated carbocycles. The van der Waals surface area contributed by atoms with Crippen molar-refractivity contribution in [3.63, 3.8) is 0 Å². The normalized spacial score (nSPS) is 11.4. The number of hydrogen-bond acceptors (Lipinski definition) is 5. The molecule has 0 fully saturated rings. The van der Waals surface area contributed by atoms with Crippen LogP contribution < -0.4 is 10.1 Å². The molecule has 0 amide bonds. The minimum Gasteiger partial charge on any atom is -0.481 e. The minimum absolute atomic E-state index is 0.0479. The Kier molecular flexibility index (Phi) is 4.93. The Labute approximate surface area is 106 Å². The average Bonchev–Trinajstić information content (AvgIpc) is 2.37. The van der Waals surface area contributed by atoms with Gasteiger partial charge in [0.2, 0.25) is 11.7 Å². The van der Waals surface area contributed by atoms with E-state index in [-0.39, 0.29) is 17.5 Å². The Balaban J connectivity index is 3.03. The lowest BCUT2D eigenvalue weighted by Crippen LogP contribution is -2.19. The first kappa shape index (κ1) is 13.8. The Morgan fingerprint density at radius 3 is 2.89 bits per heavy atom. The molecule has 0 saturated heterocycles. The van der Waals surface area contributed by atoms with Gasteiger partial charge in [0.05, 0.1) is 12.0 Å². The second kappa shape index (κ2) is 6.45. The molecule has 1 rings (SSSR count). The van der Waals surface area contributed by atoms with Crippen molar-refractivity contribution in [1.29, 1.82) is 0 Å². The number of anilines is 1. The molecular formula is C12H15N3O3. The van der Waals surface area contributed by atoms with Gasteiger partial charge in [0.1, 0.15) is 0 Å². The largest absolute Gasteiger partial charge is 0.481 e. The summed E-state index contributed by atoms with van der Waals surface area (Å²) >= 11 is 0. The summed E-state index contributed by atoms with van der Waals surface area (Å²) in [5.74, 6) is 3.02. The van der Waals surface area contributed by atoms with E-state index in [9.17, 15) is 10.1 Å². The molecule has 0 aromatic carbocycles. The summed E-state index contributed by atoms with van der Waals surface area (Å²) in [5, 5.41) is 13.9. The first-order chi connectivity index (χ1) is 8.62. The zero-order chi connectivity index (χ0) is 13.5. The number of rotatable bonds is 6. The lowest BCUT2D eigenvalue weighted by atomic mass is 10.1. The van der Waals surface area contributed by atoms with Gasteiger partial charge < -0.3 is 10.1 Å². The number of ether oxygens (including phenoxy) is 1. The maximum Gasteiger partial charge on any atom is 0.311 e. The number of nitrogens with one attached hydrogen (secondary N) is 1. The third-order valence-electron chi connectivity index (χ3n) is 2.45. The maximum atomic E-state index is 10.9. The van der Waals surface area contributed by atoms with Gasteiger partial charge in [0.15, 0.2) is 0 Å². The fourth-order valence-electron chi connectivity index (χ4n) is 1.43. The van der Waals surface area contributed by atoms with Gasteiger partial charge in [-0.05, 0) is 6.42 Å². The van der Waals surface area contributed by atoms with E-state index >= 15 is 0 Å². The molecule has 0 aliphatic heterocycles. The summed E-state index contributed by atoms with van der Waals surface area (Å²) in [4.78, 5) is 14.4. The quantitative estimate of drug-likeness (QED) is 0.475. The van der Waals surface area contributed by atoms with Crippen molar-refractivity contribution in [1.82, 2.24) is 4.98 Å². The molecule has 1 unspecified atom stereocenters. The van der Waals surface area contributed by atoms with Crippen LogP contribution in [-0.4, -0.2) is 23.1 Å². The molecule has 0 bridgehead atoms. The predicted octanol–water partition coefficient (Wildman–Crippen LogP) is 2.21. The first-order valence-electron chi connectivity index (χ1n) is 5.51. The van der Waals surface area contributed by atoms with Crippen LogP contribution in [0.25, 0.3) is 0 Å². The molecule has 0 aliphatic carbocycles. The zero-order valence-electron chi connectivity index (χ0n) is 10.3. The Hall–Kier alpha value is -2.29. The van der Waals surface area contributed by atoms with Crippen molar-refractivity contribution in [2.75, 3.05) is 12.4 Å². The van der Waals surface area contributed by atoms with Crippen molar-refractivity contribution < 1.29 is 9.66 Å². The van der Waals surface area contributed by atoms with E-state index in [0.717, 1.165) is 6.42 Å². The third kappa shape index (κ3) is 3.35. The molecule has 1 aromatic heterocycles. The molecule has 1 atom stereocenters. The summed E-state index contributed by atoms with van der Waals surface area (Å²) in [6.07, 6.45) is 6.47. The fourth-order valence-corrected chi connectivity index (χ4v) is 1.43. The molecule has 0 radical (unpaired) electrons. The maximum absolute atomic E-state index is 10.9. The van der Waals surface area contributed by atoms with Gasteiger partial charge in [0.25, 0.3) is 0 Å². The number of nitro groups is 1. The van der Waals surface area contributed by atoms with E-state index < -0.39 is 4.92 Å². The number of hydrogen-bond donors (Lipinski definition) is 1. The molecular weight excluding hydrogens is 234 g/mol. The highest BCUT2D eigenvalue weighted by molar-refractivity contribution is 5.57. The van der Waals surface area contributed by atoms with Crippen LogP contribution in [0.4, 0.5) is 11.5 Å². The van der Waals surface area contributed by atoms with E-state index in [4.69, 9.17) is 11.2 Å². The smallest absolute Gasteiger partial charge is 0.311 e. The van der Waals surface area contributed by atoms with E-state index in [1.807, 2.05) is 6.92 Å². The lowest BCUT2D eigenvalue weighted by molar-refractivity contribution is -0.384. The molecule has 0 spiro atoms. The summed E-state index contributed by atoms with van der Waals surface area (Å²) < 4.78 is 4.95. The molecule has 18 heavy (non-hydrogen) atoms. The van der Waals surface area contributed by atoms with Crippen LogP contribution in [-0.2, 0) is 0 Å². The van der Waals surface area contributed by atoms with Gasteiger partial charge in [-0.15, -0.1) is 12.3 Å². The highest BCUT2D eigenvalue weighted by atomic mass is 16.6. The van der Waals surface area contributed by atoms with Gasteiger partial charge in [-0.2, -0.15) is 4.98 Å². The number of pyridine rings is 1. The Morgan fingerprint density at radius 1 is 1.67 bits per heavy atom. The van der Waals surface area contributed by atoms with Crippen LogP contribution >= 0.6 is 0 Å². The van der Waals surface area contributed by atoms with Crippen molar-refractivity contribution in [2.45, 2.75) is 25.8 Å². The summed E-state index contributed by atoms with van der Waals surface area (Å²) in [7, 11) is 1.46. The molecule has 96 valence electrons.